The summed E-state index contributed by atoms with van der Waals surface area (Å²) in [6.45, 7) is 7.55. The first-order valence-electron chi connectivity index (χ1n) is 8.70. The predicted molar refractivity (Wildman–Crippen MR) is 99.0 cm³/mol. The summed E-state index contributed by atoms with van der Waals surface area (Å²) in [6, 6.07) is 11.7. The molecule has 1 aromatic carbocycles. The van der Waals surface area contributed by atoms with Gasteiger partial charge in [-0.25, -0.2) is 4.98 Å². The van der Waals surface area contributed by atoms with Gasteiger partial charge in [0.1, 0.15) is 11.9 Å². The van der Waals surface area contributed by atoms with Crippen LogP contribution in [0.4, 0.5) is 5.82 Å². The lowest BCUT2D eigenvalue weighted by Gasteiger charge is -2.18. The number of pyridine rings is 1. The van der Waals surface area contributed by atoms with Crippen molar-refractivity contribution in [3.63, 3.8) is 0 Å². The van der Waals surface area contributed by atoms with Crippen molar-refractivity contribution in [2.24, 2.45) is 0 Å². The van der Waals surface area contributed by atoms with Crippen LogP contribution in [0, 0.1) is 11.3 Å². The highest BCUT2D eigenvalue weighted by atomic mass is 16.5. The number of nitrogens with one attached hydrogen (secondary N) is 1. The van der Waals surface area contributed by atoms with E-state index in [1.165, 1.54) is 0 Å². The van der Waals surface area contributed by atoms with Crippen LogP contribution >= 0.6 is 0 Å². The Labute approximate surface area is 149 Å². The largest absolute Gasteiger partial charge is 0.490 e. The van der Waals surface area contributed by atoms with Gasteiger partial charge in [-0.05, 0) is 49.6 Å². The van der Waals surface area contributed by atoms with E-state index >= 15 is 0 Å². The van der Waals surface area contributed by atoms with E-state index in [4.69, 9.17) is 14.7 Å². The molecule has 25 heavy (non-hydrogen) atoms. The third-order valence-electron chi connectivity index (χ3n) is 3.65. The second-order valence-corrected chi connectivity index (χ2v) is 5.81. The standard InChI is InChI=1S/C20H25N3O2/c1-4-10-24-18-8-7-17(12-19(18)25-11-5-2)15(3)23-20-9-6-16(13-21)14-22-20/h6-9,12,14-15H,4-5,10-11H2,1-3H3,(H,22,23). The second kappa shape index (κ2) is 9.53. The van der Waals surface area contributed by atoms with E-state index in [0.29, 0.717) is 18.8 Å². The molecule has 1 aromatic heterocycles. The van der Waals surface area contributed by atoms with E-state index in [9.17, 15) is 0 Å². The molecule has 0 aliphatic heterocycles. The normalized spacial score (nSPS) is 11.4. The third kappa shape index (κ3) is 5.39. The van der Waals surface area contributed by atoms with Crippen molar-refractivity contribution in [2.75, 3.05) is 18.5 Å². The topological polar surface area (TPSA) is 67.2 Å². The number of nitrogens with zero attached hydrogens (tertiary/aromatic N) is 2. The van der Waals surface area contributed by atoms with Gasteiger partial charge in [0.15, 0.2) is 11.5 Å². The van der Waals surface area contributed by atoms with E-state index in [-0.39, 0.29) is 6.04 Å². The first kappa shape index (κ1) is 18.6. The van der Waals surface area contributed by atoms with Crippen LogP contribution in [-0.2, 0) is 0 Å². The van der Waals surface area contributed by atoms with E-state index in [1.807, 2.05) is 24.3 Å². The molecule has 1 heterocycles. The van der Waals surface area contributed by atoms with Crippen molar-refractivity contribution in [3.05, 3.63) is 47.7 Å². The Morgan fingerprint density at radius 1 is 1.08 bits per heavy atom. The highest BCUT2D eigenvalue weighted by Crippen LogP contribution is 2.31. The molecule has 1 atom stereocenters. The maximum Gasteiger partial charge on any atom is 0.161 e. The number of nitriles is 1. The SMILES string of the molecule is CCCOc1ccc(C(C)Nc2ccc(C#N)cn2)cc1OCCC. The molecular weight excluding hydrogens is 314 g/mol. The Balaban J connectivity index is 2.14. The first-order valence-corrected chi connectivity index (χ1v) is 8.70. The van der Waals surface area contributed by atoms with Gasteiger partial charge < -0.3 is 14.8 Å². The van der Waals surface area contributed by atoms with Crippen LogP contribution in [0.2, 0.25) is 0 Å². The Kier molecular flexibility index (Phi) is 7.09. The lowest BCUT2D eigenvalue weighted by atomic mass is 10.1. The molecule has 2 rings (SSSR count). The summed E-state index contributed by atoms with van der Waals surface area (Å²) in [5.74, 6) is 2.28. The lowest BCUT2D eigenvalue weighted by Crippen LogP contribution is -2.09. The predicted octanol–water partition coefficient (Wildman–Crippen LogP) is 4.70. The van der Waals surface area contributed by atoms with Gasteiger partial charge in [-0.15, -0.1) is 0 Å². The average molecular weight is 339 g/mol. The van der Waals surface area contributed by atoms with Crippen molar-refractivity contribution in [1.29, 1.82) is 5.26 Å². The van der Waals surface area contributed by atoms with Gasteiger partial charge in [0.2, 0.25) is 0 Å². The molecule has 5 nitrogen and oxygen atoms in total. The van der Waals surface area contributed by atoms with Gasteiger partial charge in [0.05, 0.1) is 24.8 Å². The van der Waals surface area contributed by atoms with Crippen molar-refractivity contribution in [3.8, 4) is 17.6 Å². The minimum atomic E-state index is 0.0460. The summed E-state index contributed by atoms with van der Waals surface area (Å²) in [7, 11) is 0. The third-order valence-corrected chi connectivity index (χ3v) is 3.65. The van der Waals surface area contributed by atoms with Crippen molar-refractivity contribution < 1.29 is 9.47 Å². The highest BCUT2D eigenvalue weighted by Gasteiger charge is 2.12. The molecule has 0 saturated carbocycles. The summed E-state index contributed by atoms with van der Waals surface area (Å²) in [5, 5.41) is 12.2. The molecule has 2 aromatic rings. The van der Waals surface area contributed by atoms with E-state index in [2.05, 4.69) is 37.1 Å². The van der Waals surface area contributed by atoms with Crippen molar-refractivity contribution >= 4 is 5.82 Å². The zero-order valence-corrected chi connectivity index (χ0v) is 15.1. The van der Waals surface area contributed by atoms with Crippen LogP contribution in [0.5, 0.6) is 11.5 Å². The second-order valence-electron chi connectivity index (χ2n) is 5.81. The summed E-state index contributed by atoms with van der Waals surface area (Å²) in [6.07, 6.45) is 3.46. The molecule has 0 bridgehead atoms. The summed E-state index contributed by atoms with van der Waals surface area (Å²) in [4.78, 5) is 4.26. The van der Waals surface area contributed by atoms with Gasteiger partial charge in [-0.3, -0.25) is 0 Å². The minimum Gasteiger partial charge on any atom is -0.490 e. The van der Waals surface area contributed by atoms with Gasteiger partial charge in [-0.1, -0.05) is 19.9 Å². The molecule has 0 aliphatic rings. The molecule has 0 aliphatic carbocycles. The van der Waals surface area contributed by atoms with Gasteiger partial charge in [0, 0.05) is 6.20 Å². The van der Waals surface area contributed by atoms with Crippen LogP contribution in [0.25, 0.3) is 0 Å². The summed E-state index contributed by atoms with van der Waals surface area (Å²) < 4.78 is 11.6. The number of rotatable bonds is 9. The Bertz CT molecular complexity index is 708. The van der Waals surface area contributed by atoms with E-state index in [1.54, 1.807) is 12.3 Å². The number of benzene rings is 1. The fourth-order valence-electron chi connectivity index (χ4n) is 2.30. The number of ether oxygens (including phenoxy) is 2. The quantitative estimate of drug-likeness (QED) is 0.717. The van der Waals surface area contributed by atoms with Crippen LogP contribution in [0.1, 0.15) is 50.8 Å². The fraction of sp³-hybridized carbons (Fsp3) is 0.400. The number of hydrogen-bond donors (Lipinski definition) is 1. The molecule has 0 saturated heterocycles. The van der Waals surface area contributed by atoms with Crippen LogP contribution in [0.15, 0.2) is 36.5 Å². The zero-order valence-electron chi connectivity index (χ0n) is 15.1. The van der Waals surface area contributed by atoms with E-state index in [0.717, 1.165) is 35.7 Å². The summed E-state index contributed by atoms with van der Waals surface area (Å²) >= 11 is 0. The fourth-order valence-corrected chi connectivity index (χ4v) is 2.30. The Hall–Kier alpha value is -2.74. The Morgan fingerprint density at radius 2 is 1.80 bits per heavy atom. The maximum atomic E-state index is 8.84. The molecule has 1 unspecified atom stereocenters. The minimum absolute atomic E-state index is 0.0460. The molecular formula is C20H25N3O2. The smallest absolute Gasteiger partial charge is 0.161 e. The molecule has 5 heteroatoms. The van der Waals surface area contributed by atoms with Crippen LogP contribution in [0.3, 0.4) is 0 Å². The highest BCUT2D eigenvalue weighted by molar-refractivity contribution is 5.47. The Morgan fingerprint density at radius 3 is 2.40 bits per heavy atom. The molecule has 0 spiro atoms. The lowest BCUT2D eigenvalue weighted by molar-refractivity contribution is 0.268. The van der Waals surface area contributed by atoms with E-state index < -0.39 is 0 Å². The van der Waals surface area contributed by atoms with Crippen LogP contribution < -0.4 is 14.8 Å². The summed E-state index contributed by atoms with van der Waals surface area (Å²) in [5.41, 5.74) is 1.63. The molecule has 0 fully saturated rings. The number of anilines is 1. The van der Waals surface area contributed by atoms with Gasteiger partial charge in [0.25, 0.3) is 0 Å². The monoisotopic (exact) mass is 339 g/mol. The molecule has 0 radical (unpaired) electrons. The first-order chi connectivity index (χ1) is 12.2. The van der Waals surface area contributed by atoms with Crippen molar-refractivity contribution in [2.45, 2.75) is 39.7 Å². The van der Waals surface area contributed by atoms with Crippen LogP contribution in [-0.4, -0.2) is 18.2 Å². The zero-order chi connectivity index (χ0) is 18.1. The number of hydrogen-bond acceptors (Lipinski definition) is 5. The molecule has 0 amide bonds. The molecule has 132 valence electrons. The van der Waals surface area contributed by atoms with Gasteiger partial charge in [-0.2, -0.15) is 5.26 Å². The maximum absolute atomic E-state index is 8.84. The molecule has 1 N–H and O–H groups in total. The number of aromatic nitrogens is 1. The van der Waals surface area contributed by atoms with Crippen molar-refractivity contribution in [1.82, 2.24) is 4.98 Å². The van der Waals surface area contributed by atoms with Gasteiger partial charge >= 0.3 is 0 Å². The average Bonchev–Trinajstić information content (AvgIpc) is 2.65.